The SMILES string of the molecule is O=c1[nH]c2c(F)c(F)ccc2c(Cn2c(C3CCCC3)nc3nccnc32)c1F. The van der Waals surface area contributed by atoms with Gasteiger partial charge in [-0.3, -0.25) is 4.79 Å². The van der Waals surface area contributed by atoms with Gasteiger partial charge in [0.2, 0.25) is 0 Å². The minimum Gasteiger partial charge on any atom is -0.317 e. The van der Waals surface area contributed by atoms with Crippen molar-refractivity contribution in [3.05, 3.63) is 63.7 Å². The fourth-order valence-corrected chi connectivity index (χ4v) is 4.18. The standard InChI is InChI=1S/C20H16F3N5O/c21-13-6-5-11-12(14(22)20(29)26-16(11)15(13)23)9-28-18(10-3-1-2-4-10)27-17-19(28)25-8-7-24-17/h5-8,10H,1-4,9H2,(H,26,29). The molecule has 3 aromatic heterocycles. The lowest BCUT2D eigenvalue weighted by atomic mass is 10.1. The third-order valence-corrected chi connectivity index (χ3v) is 5.57. The van der Waals surface area contributed by atoms with E-state index < -0.39 is 23.0 Å². The number of benzene rings is 1. The van der Waals surface area contributed by atoms with Crippen molar-refractivity contribution in [2.24, 2.45) is 0 Å². The Hall–Kier alpha value is -3.23. The van der Waals surface area contributed by atoms with Crippen LogP contribution in [0.2, 0.25) is 0 Å². The van der Waals surface area contributed by atoms with E-state index >= 15 is 0 Å². The molecule has 1 aliphatic rings. The minimum absolute atomic E-state index is 0.0353. The van der Waals surface area contributed by atoms with E-state index in [-0.39, 0.29) is 28.9 Å². The summed E-state index contributed by atoms with van der Waals surface area (Å²) in [6, 6.07) is 2.19. The number of hydrogen-bond acceptors (Lipinski definition) is 4. The minimum atomic E-state index is -1.22. The predicted molar refractivity (Wildman–Crippen MR) is 100 cm³/mol. The van der Waals surface area contributed by atoms with Crippen molar-refractivity contribution in [3.8, 4) is 0 Å². The lowest BCUT2D eigenvalue weighted by Gasteiger charge is -2.15. The third-order valence-electron chi connectivity index (χ3n) is 5.57. The first-order valence-electron chi connectivity index (χ1n) is 9.40. The van der Waals surface area contributed by atoms with E-state index in [2.05, 4.69) is 19.9 Å². The molecule has 0 unspecified atom stereocenters. The summed E-state index contributed by atoms with van der Waals surface area (Å²) in [5, 5.41) is 0.101. The van der Waals surface area contributed by atoms with Crippen molar-refractivity contribution < 1.29 is 13.2 Å². The Kier molecular flexibility index (Phi) is 4.11. The Morgan fingerprint density at radius 2 is 1.83 bits per heavy atom. The number of fused-ring (bicyclic) bond motifs is 2. The van der Waals surface area contributed by atoms with Crippen molar-refractivity contribution in [2.75, 3.05) is 0 Å². The van der Waals surface area contributed by atoms with E-state index in [0.717, 1.165) is 37.6 Å². The highest BCUT2D eigenvalue weighted by Gasteiger charge is 2.26. The van der Waals surface area contributed by atoms with E-state index in [0.29, 0.717) is 11.3 Å². The zero-order valence-corrected chi connectivity index (χ0v) is 15.3. The van der Waals surface area contributed by atoms with E-state index in [1.54, 1.807) is 4.57 Å². The van der Waals surface area contributed by atoms with Crippen molar-refractivity contribution in [2.45, 2.75) is 38.1 Å². The van der Waals surface area contributed by atoms with Crippen LogP contribution in [0.25, 0.3) is 22.2 Å². The molecule has 1 aromatic carbocycles. The highest BCUT2D eigenvalue weighted by molar-refractivity contribution is 5.83. The Morgan fingerprint density at radius 3 is 2.62 bits per heavy atom. The van der Waals surface area contributed by atoms with Crippen LogP contribution in [-0.4, -0.2) is 24.5 Å². The molecule has 3 heterocycles. The van der Waals surface area contributed by atoms with E-state index in [1.807, 2.05) is 0 Å². The molecule has 1 fully saturated rings. The van der Waals surface area contributed by atoms with Crippen LogP contribution in [0, 0.1) is 17.5 Å². The number of aromatic amines is 1. The normalized spacial score (nSPS) is 15.0. The van der Waals surface area contributed by atoms with E-state index in [4.69, 9.17) is 0 Å². The number of hydrogen-bond donors (Lipinski definition) is 1. The molecule has 0 bridgehead atoms. The summed E-state index contributed by atoms with van der Waals surface area (Å²) in [5.74, 6) is -2.47. The van der Waals surface area contributed by atoms with Crippen LogP contribution >= 0.6 is 0 Å². The van der Waals surface area contributed by atoms with Gasteiger partial charge in [-0.05, 0) is 25.0 Å². The second kappa shape index (κ2) is 6.68. The lowest BCUT2D eigenvalue weighted by molar-refractivity contribution is 0.513. The van der Waals surface area contributed by atoms with Crippen molar-refractivity contribution >= 4 is 22.2 Å². The molecule has 29 heavy (non-hydrogen) atoms. The molecule has 0 radical (unpaired) electrons. The molecule has 0 amide bonds. The molecule has 0 aliphatic heterocycles. The van der Waals surface area contributed by atoms with E-state index in [1.165, 1.54) is 18.5 Å². The van der Waals surface area contributed by atoms with Crippen LogP contribution in [0.15, 0.2) is 29.3 Å². The Balaban J connectivity index is 1.75. The summed E-state index contributed by atoms with van der Waals surface area (Å²) >= 11 is 0. The highest BCUT2D eigenvalue weighted by Crippen LogP contribution is 2.35. The van der Waals surface area contributed by atoms with Gasteiger partial charge in [0.15, 0.2) is 28.7 Å². The number of nitrogens with one attached hydrogen (secondary N) is 1. The fraction of sp³-hybridized carbons (Fsp3) is 0.300. The quantitative estimate of drug-likeness (QED) is 0.569. The van der Waals surface area contributed by atoms with Gasteiger partial charge in [-0.2, -0.15) is 0 Å². The maximum atomic E-state index is 14.8. The molecular weight excluding hydrogens is 383 g/mol. The van der Waals surface area contributed by atoms with Gasteiger partial charge >= 0.3 is 0 Å². The third kappa shape index (κ3) is 2.80. The summed E-state index contributed by atoms with van der Waals surface area (Å²) in [6.07, 6.45) is 7.08. The van der Waals surface area contributed by atoms with Crippen LogP contribution in [0.5, 0.6) is 0 Å². The smallest absolute Gasteiger partial charge is 0.284 e. The van der Waals surface area contributed by atoms with Crippen molar-refractivity contribution in [1.82, 2.24) is 24.5 Å². The summed E-state index contributed by atoms with van der Waals surface area (Å²) < 4.78 is 44.4. The predicted octanol–water partition coefficient (Wildman–Crippen LogP) is 3.79. The molecule has 0 atom stereocenters. The number of pyridine rings is 1. The number of aromatic nitrogens is 5. The largest absolute Gasteiger partial charge is 0.317 e. The summed E-state index contributed by atoms with van der Waals surface area (Å²) in [4.78, 5) is 27.3. The van der Waals surface area contributed by atoms with Crippen LogP contribution in [0.3, 0.4) is 0 Å². The fourth-order valence-electron chi connectivity index (χ4n) is 4.18. The molecule has 0 spiro atoms. The number of imidazole rings is 1. The topological polar surface area (TPSA) is 76.5 Å². The van der Waals surface area contributed by atoms with Gasteiger partial charge < -0.3 is 9.55 Å². The average molecular weight is 399 g/mol. The van der Waals surface area contributed by atoms with Crippen molar-refractivity contribution in [1.29, 1.82) is 0 Å². The highest BCUT2D eigenvalue weighted by atomic mass is 19.2. The zero-order chi connectivity index (χ0) is 20.1. The zero-order valence-electron chi connectivity index (χ0n) is 15.3. The molecule has 5 rings (SSSR count). The number of nitrogens with zero attached hydrogens (tertiary/aromatic N) is 4. The summed E-state index contributed by atoms with van der Waals surface area (Å²) in [5.41, 5.74) is -0.600. The average Bonchev–Trinajstić information content (AvgIpc) is 3.37. The Labute approximate surface area is 162 Å². The second-order valence-corrected chi connectivity index (χ2v) is 7.27. The number of H-pyrrole nitrogens is 1. The van der Waals surface area contributed by atoms with Gasteiger partial charge in [0.05, 0.1) is 12.1 Å². The van der Waals surface area contributed by atoms with Gasteiger partial charge in [-0.15, -0.1) is 0 Å². The first-order valence-corrected chi connectivity index (χ1v) is 9.40. The number of halogens is 3. The maximum Gasteiger partial charge on any atom is 0.284 e. The monoisotopic (exact) mass is 399 g/mol. The van der Waals surface area contributed by atoms with Crippen LogP contribution in [0.1, 0.15) is 43.0 Å². The Bertz CT molecular complexity index is 1310. The summed E-state index contributed by atoms with van der Waals surface area (Å²) in [7, 11) is 0. The van der Waals surface area contributed by atoms with Gasteiger partial charge in [0.1, 0.15) is 5.82 Å². The first kappa shape index (κ1) is 17.8. The maximum absolute atomic E-state index is 14.8. The molecule has 1 saturated carbocycles. The molecule has 0 saturated heterocycles. The molecule has 4 aromatic rings. The van der Waals surface area contributed by atoms with Crippen molar-refractivity contribution in [3.63, 3.8) is 0 Å². The molecule has 1 aliphatic carbocycles. The van der Waals surface area contributed by atoms with E-state index in [9.17, 15) is 18.0 Å². The van der Waals surface area contributed by atoms with Crippen LogP contribution in [-0.2, 0) is 6.54 Å². The molecule has 1 N–H and O–H groups in total. The van der Waals surface area contributed by atoms with Gasteiger partial charge in [-0.1, -0.05) is 12.8 Å². The van der Waals surface area contributed by atoms with Crippen LogP contribution < -0.4 is 5.56 Å². The van der Waals surface area contributed by atoms with Gasteiger partial charge in [0.25, 0.3) is 5.56 Å². The molecule has 9 heteroatoms. The molecule has 148 valence electrons. The first-order chi connectivity index (χ1) is 14.0. The van der Waals surface area contributed by atoms with Gasteiger partial charge in [-0.25, -0.2) is 28.1 Å². The molecular formula is C20H16F3N5O. The summed E-state index contributed by atoms with van der Waals surface area (Å²) in [6.45, 7) is -0.0850. The Morgan fingerprint density at radius 1 is 1.07 bits per heavy atom. The second-order valence-electron chi connectivity index (χ2n) is 7.27. The molecule has 6 nitrogen and oxygen atoms in total. The van der Waals surface area contributed by atoms with Gasteiger partial charge in [0, 0.05) is 29.3 Å². The van der Waals surface area contributed by atoms with Crippen LogP contribution in [0.4, 0.5) is 13.2 Å². The number of rotatable bonds is 3. The lowest BCUT2D eigenvalue weighted by Crippen LogP contribution is -2.18.